The van der Waals surface area contributed by atoms with Crippen molar-refractivity contribution in [2.24, 2.45) is 5.73 Å². The molecule has 0 aliphatic carbocycles. The second kappa shape index (κ2) is 5.04. The molecule has 8 heteroatoms. The lowest BCUT2D eigenvalue weighted by atomic mass is 10.1. The molecule has 0 spiro atoms. The summed E-state index contributed by atoms with van der Waals surface area (Å²) in [5.41, 5.74) is 9.87. The number of rotatable bonds is 2. The third kappa shape index (κ3) is 2.69. The number of anilines is 1. The van der Waals surface area contributed by atoms with Crippen LogP contribution in [0.4, 0.5) is 23.4 Å². The van der Waals surface area contributed by atoms with Crippen molar-refractivity contribution in [3.8, 4) is 11.4 Å². The molecule has 1 aromatic carbocycles. The molecule has 0 aliphatic rings. The molecule has 1 heterocycles. The molecule has 0 atom stereocenters. The highest BCUT2D eigenvalue weighted by atomic mass is 19.4. The molecule has 0 amide bonds. The van der Waals surface area contributed by atoms with Crippen molar-refractivity contribution < 1.29 is 17.6 Å². The van der Waals surface area contributed by atoms with Crippen molar-refractivity contribution in [1.29, 1.82) is 0 Å². The number of nitrogens with two attached hydrogens (primary N) is 2. The first-order valence-corrected chi connectivity index (χ1v) is 5.51. The Balaban J connectivity index is 2.61. The van der Waals surface area contributed by atoms with E-state index < -0.39 is 17.6 Å². The summed E-state index contributed by atoms with van der Waals surface area (Å²) in [6.07, 6.45) is -3.47. The van der Waals surface area contributed by atoms with Gasteiger partial charge >= 0.3 is 6.18 Å². The molecule has 0 saturated carbocycles. The first-order valence-electron chi connectivity index (χ1n) is 5.51. The van der Waals surface area contributed by atoms with Crippen LogP contribution < -0.4 is 11.5 Å². The summed E-state index contributed by atoms with van der Waals surface area (Å²) in [6.45, 7) is 0.0711. The van der Waals surface area contributed by atoms with Crippen molar-refractivity contribution in [2.75, 3.05) is 5.73 Å². The number of halogens is 4. The zero-order valence-electron chi connectivity index (χ0n) is 10.1. The monoisotopic (exact) mass is 286 g/mol. The van der Waals surface area contributed by atoms with Crippen LogP contribution in [-0.2, 0) is 12.7 Å². The van der Waals surface area contributed by atoms with Crippen LogP contribution in [0, 0.1) is 5.82 Å². The minimum atomic E-state index is -4.72. The molecule has 0 unspecified atom stereocenters. The molecular formula is C12H10F4N4. The van der Waals surface area contributed by atoms with Crippen molar-refractivity contribution in [3.63, 3.8) is 0 Å². The lowest BCUT2D eigenvalue weighted by Gasteiger charge is -2.12. The number of alkyl halides is 3. The highest BCUT2D eigenvalue weighted by Crippen LogP contribution is 2.36. The molecule has 1 aromatic heterocycles. The van der Waals surface area contributed by atoms with Crippen molar-refractivity contribution >= 4 is 5.82 Å². The predicted molar refractivity (Wildman–Crippen MR) is 64.7 cm³/mol. The first-order chi connectivity index (χ1) is 9.32. The van der Waals surface area contributed by atoms with Gasteiger partial charge in [-0.05, 0) is 18.2 Å². The number of aromatic nitrogens is 2. The van der Waals surface area contributed by atoms with Crippen LogP contribution in [-0.4, -0.2) is 9.97 Å². The number of hydrogen-bond acceptors (Lipinski definition) is 4. The van der Waals surface area contributed by atoms with Gasteiger partial charge in [-0.2, -0.15) is 13.2 Å². The van der Waals surface area contributed by atoms with Crippen LogP contribution >= 0.6 is 0 Å². The lowest BCUT2D eigenvalue weighted by molar-refractivity contribution is -0.137. The maximum Gasteiger partial charge on any atom is 0.417 e. The van der Waals surface area contributed by atoms with E-state index in [1.165, 1.54) is 6.20 Å². The molecule has 4 nitrogen and oxygen atoms in total. The maximum absolute atomic E-state index is 13.0. The summed E-state index contributed by atoms with van der Waals surface area (Å²) in [4.78, 5) is 7.57. The van der Waals surface area contributed by atoms with Crippen LogP contribution in [0.3, 0.4) is 0 Å². The Bertz CT molecular complexity index is 640. The molecule has 20 heavy (non-hydrogen) atoms. The Morgan fingerprint density at radius 2 is 1.90 bits per heavy atom. The van der Waals surface area contributed by atoms with Gasteiger partial charge in [0, 0.05) is 23.9 Å². The quantitative estimate of drug-likeness (QED) is 0.831. The zero-order chi connectivity index (χ0) is 14.9. The van der Waals surface area contributed by atoms with Crippen LogP contribution in [0.2, 0.25) is 0 Å². The largest absolute Gasteiger partial charge is 0.417 e. The highest BCUT2D eigenvalue weighted by Gasteiger charge is 2.35. The maximum atomic E-state index is 13.0. The smallest absolute Gasteiger partial charge is 0.383 e. The lowest BCUT2D eigenvalue weighted by Crippen LogP contribution is -2.10. The Morgan fingerprint density at radius 1 is 1.20 bits per heavy atom. The fraction of sp³-hybridized carbons (Fsp3) is 0.167. The first kappa shape index (κ1) is 14.2. The third-order valence-corrected chi connectivity index (χ3v) is 2.65. The summed E-state index contributed by atoms with van der Waals surface area (Å²) in [5.74, 6) is -1.23. The summed E-state index contributed by atoms with van der Waals surface area (Å²) in [6, 6.07) is 2.27. The summed E-state index contributed by atoms with van der Waals surface area (Å²) < 4.78 is 51.7. The minimum Gasteiger partial charge on any atom is -0.383 e. The molecule has 0 saturated heterocycles. The normalized spacial score (nSPS) is 11.7. The van der Waals surface area contributed by atoms with Crippen LogP contribution in [0.15, 0.2) is 24.4 Å². The molecule has 0 bridgehead atoms. The van der Waals surface area contributed by atoms with E-state index in [9.17, 15) is 17.6 Å². The van der Waals surface area contributed by atoms with Gasteiger partial charge in [-0.15, -0.1) is 0 Å². The van der Waals surface area contributed by atoms with Crippen molar-refractivity contribution in [1.82, 2.24) is 9.97 Å². The van der Waals surface area contributed by atoms with Crippen molar-refractivity contribution in [3.05, 3.63) is 41.3 Å². The summed E-state index contributed by atoms with van der Waals surface area (Å²) in [7, 11) is 0. The average Bonchev–Trinajstić information content (AvgIpc) is 2.37. The second-order valence-corrected chi connectivity index (χ2v) is 4.00. The van der Waals surface area contributed by atoms with Crippen LogP contribution in [0.1, 0.15) is 11.1 Å². The van der Waals surface area contributed by atoms with Crippen LogP contribution in [0.25, 0.3) is 11.4 Å². The molecule has 2 rings (SSSR count). The van der Waals surface area contributed by atoms with E-state index in [2.05, 4.69) is 9.97 Å². The van der Waals surface area contributed by atoms with Gasteiger partial charge in [0.15, 0.2) is 5.82 Å². The number of benzene rings is 1. The third-order valence-electron chi connectivity index (χ3n) is 2.65. The SMILES string of the molecule is NCc1cnc(-c2ccc(F)cc2C(F)(F)F)nc1N. The number of nitrogen functional groups attached to an aromatic ring is 1. The van der Waals surface area contributed by atoms with E-state index in [4.69, 9.17) is 11.5 Å². The fourth-order valence-electron chi connectivity index (χ4n) is 1.65. The molecule has 0 fully saturated rings. The average molecular weight is 286 g/mol. The minimum absolute atomic E-state index is 0.00468. The van der Waals surface area contributed by atoms with Gasteiger partial charge in [0.1, 0.15) is 11.6 Å². The number of hydrogen-bond donors (Lipinski definition) is 2. The van der Waals surface area contributed by atoms with E-state index in [0.29, 0.717) is 11.6 Å². The Hall–Kier alpha value is -2.22. The Morgan fingerprint density at radius 3 is 2.45 bits per heavy atom. The summed E-state index contributed by atoms with van der Waals surface area (Å²) >= 11 is 0. The van der Waals surface area contributed by atoms with Gasteiger partial charge in [-0.1, -0.05) is 0 Å². The Labute approximate surface area is 111 Å². The molecule has 4 N–H and O–H groups in total. The van der Waals surface area contributed by atoms with Crippen molar-refractivity contribution in [2.45, 2.75) is 12.7 Å². The van der Waals surface area contributed by atoms with E-state index >= 15 is 0 Å². The number of nitrogens with zero attached hydrogens (tertiary/aromatic N) is 2. The predicted octanol–water partition coefficient (Wildman–Crippen LogP) is 2.34. The van der Waals surface area contributed by atoms with Gasteiger partial charge in [-0.25, -0.2) is 14.4 Å². The molecule has 106 valence electrons. The van der Waals surface area contributed by atoms with E-state index in [0.717, 1.165) is 12.1 Å². The molecule has 0 radical (unpaired) electrons. The highest BCUT2D eigenvalue weighted by molar-refractivity contribution is 5.63. The van der Waals surface area contributed by atoms with Gasteiger partial charge in [0.05, 0.1) is 5.56 Å². The molecule has 0 aliphatic heterocycles. The fourth-order valence-corrected chi connectivity index (χ4v) is 1.65. The second-order valence-electron chi connectivity index (χ2n) is 4.00. The van der Waals surface area contributed by atoms with Gasteiger partial charge in [0.2, 0.25) is 0 Å². The molecule has 2 aromatic rings. The van der Waals surface area contributed by atoms with Crippen LogP contribution in [0.5, 0.6) is 0 Å². The van der Waals surface area contributed by atoms with Gasteiger partial charge in [-0.3, -0.25) is 0 Å². The van der Waals surface area contributed by atoms with E-state index in [1.807, 2.05) is 0 Å². The van der Waals surface area contributed by atoms with E-state index in [1.54, 1.807) is 0 Å². The molecular weight excluding hydrogens is 276 g/mol. The topological polar surface area (TPSA) is 77.8 Å². The standard InChI is InChI=1S/C12H10F4N4/c13-7-1-2-8(9(3-7)12(14,15)16)11-19-5-6(4-17)10(18)20-11/h1-3,5H,4,17H2,(H2,18,19,20). The van der Waals surface area contributed by atoms with Gasteiger partial charge in [0.25, 0.3) is 0 Å². The van der Waals surface area contributed by atoms with E-state index in [-0.39, 0.29) is 23.8 Å². The van der Waals surface area contributed by atoms with Gasteiger partial charge < -0.3 is 11.5 Å². The Kier molecular flexibility index (Phi) is 3.58. The summed E-state index contributed by atoms with van der Waals surface area (Å²) in [5, 5.41) is 0. The zero-order valence-corrected chi connectivity index (χ0v) is 10.1.